The number of nitrogens with one attached hydrogen (secondary N) is 2. The highest BCUT2D eigenvalue weighted by atomic mass is 19.3. The van der Waals surface area contributed by atoms with Gasteiger partial charge in [0.15, 0.2) is 17.5 Å². The molecule has 1 aliphatic rings. The van der Waals surface area contributed by atoms with E-state index >= 15 is 0 Å². The predicted octanol–water partition coefficient (Wildman–Crippen LogP) is 3.43. The Hall–Kier alpha value is -3.56. The summed E-state index contributed by atoms with van der Waals surface area (Å²) in [6, 6.07) is 11.0. The number of benzene rings is 2. The Morgan fingerprint density at radius 2 is 2.00 bits per heavy atom. The number of halogens is 2. The molecule has 170 valence electrons. The summed E-state index contributed by atoms with van der Waals surface area (Å²) in [5.41, 5.74) is 2.51. The van der Waals surface area contributed by atoms with Crippen LogP contribution < -0.4 is 24.8 Å². The minimum absolute atomic E-state index is 0.0179. The van der Waals surface area contributed by atoms with Crippen LogP contribution in [-0.4, -0.2) is 42.0 Å². The zero-order valence-corrected chi connectivity index (χ0v) is 17.9. The molecule has 0 saturated carbocycles. The topological polar surface area (TPSA) is 81.9 Å². The largest absolute Gasteiger partial charge is 0.454 e. The Kier molecular flexibility index (Phi) is 6.58. The van der Waals surface area contributed by atoms with Gasteiger partial charge in [-0.05, 0) is 32.0 Å². The number of hydrogen-bond donors (Lipinski definition) is 2. The summed E-state index contributed by atoms with van der Waals surface area (Å²) >= 11 is 0. The molecule has 4 rings (SSSR count). The van der Waals surface area contributed by atoms with E-state index in [9.17, 15) is 8.78 Å². The van der Waals surface area contributed by atoms with E-state index in [2.05, 4.69) is 29.9 Å². The van der Waals surface area contributed by atoms with Gasteiger partial charge < -0.3 is 29.4 Å². The van der Waals surface area contributed by atoms with Crippen LogP contribution in [-0.2, 0) is 13.1 Å². The summed E-state index contributed by atoms with van der Waals surface area (Å²) in [6.45, 7) is 3.11. The molecule has 0 spiro atoms. The van der Waals surface area contributed by atoms with Gasteiger partial charge in [-0.25, -0.2) is 9.98 Å². The van der Waals surface area contributed by atoms with Crippen LogP contribution in [0.3, 0.4) is 0 Å². The summed E-state index contributed by atoms with van der Waals surface area (Å²) in [6.07, 6.45) is 0. The lowest BCUT2D eigenvalue weighted by Crippen LogP contribution is -2.38. The first kappa shape index (κ1) is 21.7. The summed E-state index contributed by atoms with van der Waals surface area (Å²) in [5, 5.41) is 6.45. The fraction of sp³-hybridized carbons (Fsp3) is 0.364. The molecule has 0 unspecified atom stereocenters. The average molecular weight is 445 g/mol. The number of alkyl halides is 2. The van der Waals surface area contributed by atoms with E-state index in [1.54, 1.807) is 6.07 Å². The summed E-state index contributed by atoms with van der Waals surface area (Å²) < 4.78 is 43.1. The molecule has 0 saturated heterocycles. The second kappa shape index (κ2) is 9.71. The van der Waals surface area contributed by atoms with Gasteiger partial charge in [0.05, 0.1) is 17.6 Å². The highest BCUT2D eigenvalue weighted by Crippen LogP contribution is 2.39. The van der Waals surface area contributed by atoms with Crippen molar-refractivity contribution in [2.24, 2.45) is 4.99 Å². The second-order valence-electron chi connectivity index (χ2n) is 7.11. The fourth-order valence-electron chi connectivity index (χ4n) is 3.56. The van der Waals surface area contributed by atoms with Crippen LogP contribution in [0.5, 0.6) is 17.2 Å². The monoisotopic (exact) mass is 445 g/mol. The van der Waals surface area contributed by atoms with Gasteiger partial charge in [-0.15, -0.1) is 0 Å². The van der Waals surface area contributed by atoms with E-state index in [-0.39, 0.29) is 19.1 Å². The van der Waals surface area contributed by atoms with Crippen LogP contribution in [0.4, 0.5) is 8.78 Å². The van der Waals surface area contributed by atoms with Gasteiger partial charge in [0.1, 0.15) is 11.6 Å². The standard InChI is InChI=1S/C22H25F2N5O3/c1-3-25-22(26-8-9-29-14(2)28-16-6-4-5-7-17(16)29)27-12-15-10-19-20(31-13-30-19)11-18(15)32-21(23)24/h4-7,10-11,21H,3,8-9,12-13H2,1-2H3,(H2,25,26,27). The van der Waals surface area contributed by atoms with Crippen molar-refractivity contribution in [2.75, 3.05) is 19.9 Å². The third-order valence-corrected chi connectivity index (χ3v) is 5.00. The molecule has 2 heterocycles. The third kappa shape index (κ3) is 4.84. The molecule has 0 radical (unpaired) electrons. The van der Waals surface area contributed by atoms with Gasteiger partial charge in [-0.2, -0.15) is 8.78 Å². The molecule has 0 atom stereocenters. The number of ether oxygens (including phenoxy) is 3. The number of fused-ring (bicyclic) bond motifs is 2. The van der Waals surface area contributed by atoms with Crippen molar-refractivity contribution in [1.29, 1.82) is 0 Å². The number of para-hydroxylation sites is 2. The lowest BCUT2D eigenvalue weighted by molar-refractivity contribution is -0.0505. The van der Waals surface area contributed by atoms with Crippen molar-refractivity contribution in [1.82, 2.24) is 20.2 Å². The Bertz CT molecular complexity index is 1120. The number of nitrogens with zero attached hydrogens (tertiary/aromatic N) is 3. The molecule has 1 aliphatic heterocycles. The maximum atomic E-state index is 12.9. The first-order valence-electron chi connectivity index (χ1n) is 10.4. The van der Waals surface area contributed by atoms with Gasteiger partial charge in [0.25, 0.3) is 0 Å². The van der Waals surface area contributed by atoms with Gasteiger partial charge >= 0.3 is 6.61 Å². The lowest BCUT2D eigenvalue weighted by Gasteiger charge is -2.14. The SMILES string of the molecule is CCNC(=NCc1cc2c(cc1OC(F)F)OCO2)NCCn1c(C)nc2ccccc21. The van der Waals surface area contributed by atoms with Gasteiger partial charge in [-0.3, -0.25) is 0 Å². The van der Waals surface area contributed by atoms with Crippen LogP contribution >= 0.6 is 0 Å². The Morgan fingerprint density at radius 3 is 2.78 bits per heavy atom. The van der Waals surface area contributed by atoms with E-state index in [1.807, 2.05) is 38.1 Å². The summed E-state index contributed by atoms with van der Waals surface area (Å²) in [5.74, 6) is 2.38. The number of hydrogen-bond acceptors (Lipinski definition) is 5. The molecule has 8 nitrogen and oxygen atoms in total. The number of aromatic nitrogens is 2. The van der Waals surface area contributed by atoms with Gasteiger partial charge in [0, 0.05) is 31.3 Å². The van der Waals surface area contributed by atoms with E-state index in [4.69, 9.17) is 9.47 Å². The van der Waals surface area contributed by atoms with Crippen LogP contribution in [0.2, 0.25) is 0 Å². The minimum Gasteiger partial charge on any atom is -0.454 e. The molecule has 0 aliphatic carbocycles. The lowest BCUT2D eigenvalue weighted by atomic mass is 10.1. The van der Waals surface area contributed by atoms with Crippen molar-refractivity contribution in [3.05, 3.63) is 47.8 Å². The number of rotatable bonds is 8. The van der Waals surface area contributed by atoms with Gasteiger partial charge in [-0.1, -0.05) is 12.1 Å². The van der Waals surface area contributed by atoms with Crippen LogP contribution in [0.15, 0.2) is 41.4 Å². The quantitative estimate of drug-likeness (QED) is 0.408. The fourth-order valence-corrected chi connectivity index (χ4v) is 3.56. The number of guanidine groups is 1. The van der Waals surface area contributed by atoms with E-state index in [0.717, 1.165) is 16.9 Å². The first-order valence-corrected chi connectivity index (χ1v) is 10.4. The molecular formula is C22H25F2N5O3. The van der Waals surface area contributed by atoms with Crippen molar-refractivity contribution in [3.8, 4) is 17.2 Å². The molecule has 32 heavy (non-hydrogen) atoms. The normalized spacial score (nSPS) is 13.1. The molecular weight excluding hydrogens is 420 g/mol. The van der Waals surface area contributed by atoms with Crippen molar-refractivity contribution >= 4 is 17.0 Å². The maximum Gasteiger partial charge on any atom is 0.387 e. The van der Waals surface area contributed by atoms with E-state index in [1.165, 1.54) is 6.07 Å². The summed E-state index contributed by atoms with van der Waals surface area (Å²) in [4.78, 5) is 9.11. The van der Waals surface area contributed by atoms with E-state index < -0.39 is 6.61 Å². The number of imidazole rings is 1. The van der Waals surface area contributed by atoms with Crippen LogP contribution in [0, 0.1) is 6.92 Å². The third-order valence-electron chi connectivity index (χ3n) is 5.00. The molecule has 10 heteroatoms. The summed E-state index contributed by atoms with van der Waals surface area (Å²) in [7, 11) is 0. The van der Waals surface area contributed by atoms with Gasteiger partial charge in [0.2, 0.25) is 6.79 Å². The second-order valence-corrected chi connectivity index (χ2v) is 7.11. The molecule has 2 aromatic carbocycles. The first-order chi connectivity index (χ1) is 15.5. The molecule has 0 amide bonds. The Labute approximate surface area is 184 Å². The average Bonchev–Trinajstić information content (AvgIpc) is 3.34. The molecule has 1 aromatic heterocycles. The smallest absolute Gasteiger partial charge is 0.387 e. The van der Waals surface area contributed by atoms with E-state index in [0.29, 0.717) is 42.7 Å². The minimum atomic E-state index is -2.95. The Balaban J connectivity index is 1.46. The Morgan fingerprint density at radius 1 is 1.22 bits per heavy atom. The van der Waals surface area contributed by atoms with Crippen LogP contribution in [0.1, 0.15) is 18.3 Å². The van der Waals surface area contributed by atoms with Crippen molar-refractivity contribution < 1.29 is 23.0 Å². The van der Waals surface area contributed by atoms with Crippen molar-refractivity contribution in [3.63, 3.8) is 0 Å². The predicted molar refractivity (Wildman–Crippen MR) is 116 cm³/mol. The molecule has 3 aromatic rings. The molecule has 2 N–H and O–H groups in total. The zero-order chi connectivity index (χ0) is 22.5. The zero-order valence-electron chi connectivity index (χ0n) is 17.9. The molecule has 0 fully saturated rings. The highest BCUT2D eigenvalue weighted by Gasteiger charge is 2.20. The molecule has 0 bridgehead atoms. The number of aryl methyl sites for hydroxylation is 1. The highest BCUT2D eigenvalue weighted by molar-refractivity contribution is 5.80. The van der Waals surface area contributed by atoms with Crippen molar-refractivity contribution in [2.45, 2.75) is 33.5 Å². The maximum absolute atomic E-state index is 12.9. The number of aliphatic imine (C=N–C) groups is 1. The van der Waals surface area contributed by atoms with Crippen LogP contribution in [0.25, 0.3) is 11.0 Å².